The Morgan fingerprint density at radius 1 is 1.83 bits per heavy atom. The van der Waals surface area contributed by atoms with Crippen molar-refractivity contribution < 1.29 is 0 Å². The molecule has 0 aliphatic heterocycles. The molecule has 0 atom stereocenters. The summed E-state index contributed by atoms with van der Waals surface area (Å²) in [6.45, 7) is 2.07. The van der Waals surface area contributed by atoms with Crippen LogP contribution >= 0.6 is 12.2 Å². The smallest absolute Gasteiger partial charge is 0.0466 e. The third-order valence-corrected chi connectivity index (χ3v) is 0.862. The maximum atomic E-state index is 4.61. The van der Waals surface area contributed by atoms with Gasteiger partial charge in [-0.05, 0) is 6.42 Å². The van der Waals surface area contributed by atoms with Crippen molar-refractivity contribution in [2.45, 2.75) is 19.8 Å². The Labute approximate surface area is 49.3 Å². The second kappa shape index (κ2) is 3.50. The highest BCUT2D eigenvalue weighted by Gasteiger charge is 1.69. The van der Waals surface area contributed by atoms with Crippen molar-refractivity contribution in [3.63, 3.8) is 0 Å². The minimum Gasteiger partial charge on any atom is -0.433 e. The molecule has 0 spiro atoms. The van der Waals surface area contributed by atoms with Gasteiger partial charge >= 0.3 is 0 Å². The maximum Gasteiger partial charge on any atom is -0.0466 e. The van der Waals surface area contributed by atoms with E-state index in [4.69, 9.17) is 0 Å². The zero-order chi connectivity index (χ0) is 4.99. The van der Waals surface area contributed by atoms with Crippen LogP contribution in [-0.2, 0) is 12.6 Å². The highest BCUT2D eigenvalue weighted by atomic mass is 32.1. The zero-order valence-corrected chi connectivity index (χ0v) is 5.36. The summed E-state index contributed by atoms with van der Waals surface area (Å²) in [4.78, 5) is 0. The molecule has 0 aromatic carbocycles. The van der Waals surface area contributed by atoms with E-state index in [0.29, 0.717) is 4.20 Å². The molecule has 0 aliphatic rings. The molecule has 0 rings (SSSR count). The minimum atomic E-state index is 0.706. The van der Waals surface area contributed by atoms with Crippen LogP contribution in [0, 0.1) is 0 Å². The summed E-state index contributed by atoms with van der Waals surface area (Å²) >= 11 is 9.22. The van der Waals surface area contributed by atoms with Crippen LogP contribution in [-0.4, -0.2) is 4.20 Å². The van der Waals surface area contributed by atoms with E-state index in [2.05, 4.69) is 31.8 Å². The van der Waals surface area contributed by atoms with E-state index in [-0.39, 0.29) is 0 Å². The van der Waals surface area contributed by atoms with Gasteiger partial charge in [0.1, 0.15) is 0 Å². The summed E-state index contributed by atoms with van der Waals surface area (Å²) in [5.74, 6) is 0. The van der Waals surface area contributed by atoms with Crippen molar-refractivity contribution >= 4 is 29.0 Å². The number of rotatable bonds is 2. The lowest BCUT2D eigenvalue weighted by Crippen LogP contribution is -1.82. The lowest BCUT2D eigenvalue weighted by atomic mass is 10.4. The van der Waals surface area contributed by atoms with Gasteiger partial charge in [0.25, 0.3) is 0 Å². The molecule has 0 aliphatic carbocycles. The molecule has 0 heterocycles. The van der Waals surface area contributed by atoms with Crippen molar-refractivity contribution in [1.29, 1.82) is 0 Å². The first-order valence-electron chi connectivity index (χ1n) is 1.97. The van der Waals surface area contributed by atoms with Crippen LogP contribution < -0.4 is 0 Å². The Balaban J connectivity index is 2.83. The second-order valence-corrected chi connectivity index (χ2v) is 2.37. The lowest BCUT2D eigenvalue weighted by Gasteiger charge is -1.96. The van der Waals surface area contributed by atoms with Gasteiger partial charge in [0.05, 0.1) is 0 Å². The molecule has 6 heavy (non-hydrogen) atoms. The number of thiocarbonyl (C=S) groups is 1. The second-order valence-electron chi connectivity index (χ2n) is 1.12. The van der Waals surface area contributed by atoms with E-state index in [1.165, 1.54) is 0 Å². The van der Waals surface area contributed by atoms with E-state index < -0.39 is 0 Å². The van der Waals surface area contributed by atoms with Gasteiger partial charge in [0.2, 0.25) is 0 Å². The lowest BCUT2D eigenvalue weighted by molar-refractivity contribution is 1.01. The first kappa shape index (κ1) is 6.31. The van der Waals surface area contributed by atoms with Crippen molar-refractivity contribution in [3.05, 3.63) is 0 Å². The normalized spacial score (nSPS) is 8.17. The fraction of sp³-hybridized carbons (Fsp3) is 0.750. The van der Waals surface area contributed by atoms with Crippen LogP contribution in [0.15, 0.2) is 0 Å². The van der Waals surface area contributed by atoms with Crippen molar-refractivity contribution in [3.8, 4) is 0 Å². The molecule has 0 amide bonds. The van der Waals surface area contributed by atoms with Gasteiger partial charge in [-0.2, -0.15) is 4.20 Å². The Hall–Kier alpha value is 0.310. The standard InChI is InChI=1S/C4H8S2/c1-2-3-4(5)6/h2-3H2,1H3,(H,5,6)/p-1. The first-order chi connectivity index (χ1) is 2.77. The molecule has 0 saturated carbocycles. The van der Waals surface area contributed by atoms with Crippen molar-refractivity contribution in [2.75, 3.05) is 0 Å². The average molecular weight is 119 g/mol. The predicted octanol–water partition coefficient (Wildman–Crippen LogP) is 1.66. The summed E-state index contributed by atoms with van der Waals surface area (Å²) < 4.78 is 0.706. The molecular weight excluding hydrogens is 112 g/mol. The summed E-state index contributed by atoms with van der Waals surface area (Å²) in [6.07, 6.45) is 2.01. The van der Waals surface area contributed by atoms with Gasteiger partial charge < -0.3 is 24.8 Å². The van der Waals surface area contributed by atoms with Crippen LogP contribution in [0.5, 0.6) is 0 Å². The SMILES string of the molecule is CCCC(=S)[S-]. The third kappa shape index (κ3) is 4.31. The highest BCUT2D eigenvalue weighted by Crippen LogP contribution is 1.87. The molecule has 0 nitrogen and oxygen atoms in total. The van der Waals surface area contributed by atoms with Gasteiger partial charge in [-0.15, -0.1) is 0 Å². The Kier molecular flexibility index (Phi) is 3.68. The van der Waals surface area contributed by atoms with Gasteiger partial charge in [-0.25, -0.2) is 0 Å². The molecule has 36 valence electrons. The van der Waals surface area contributed by atoms with Gasteiger partial charge in [-0.3, -0.25) is 0 Å². The largest absolute Gasteiger partial charge is 0.433 e. The predicted molar refractivity (Wildman–Crippen MR) is 34.9 cm³/mol. The van der Waals surface area contributed by atoms with Crippen LogP contribution in [0.2, 0.25) is 0 Å². The van der Waals surface area contributed by atoms with Crippen molar-refractivity contribution in [2.24, 2.45) is 0 Å². The monoisotopic (exact) mass is 119 g/mol. The quantitative estimate of drug-likeness (QED) is 0.400. The van der Waals surface area contributed by atoms with Gasteiger partial charge in [0, 0.05) is 0 Å². The molecular formula is C4H7S2-. The fourth-order valence-electron chi connectivity index (χ4n) is 0.204. The molecule has 0 N–H and O–H groups in total. The molecule has 0 aromatic heterocycles. The van der Waals surface area contributed by atoms with Gasteiger partial charge in [0.15, 0.2) is 0 Å². The van der Waals surface area contributed by atoms with Gasteiger partial charge in [-0.1, -0.05) is 13.3 Å². The molecule has 0 unspecified atom stereocenters. The summed E-state index contributed by atoms with van der Waals surface area (Å²) in [6, 6.07) is 0. The molecule has 2 heteroatoms. The molecule has 0 bridgehead atoms. The fourth-order valence-corrected chi connectivity index (χ4v) is 0.612. The summed E-state index contributed by atoms with van der Waals surface area (Å²) in [5.41, 5.74) is 0. The zero-order valence-electron chi connectivity index (χ0n) is 3.73. The van der Waals surface area contributed by atoms with E-state index in [0.717, 1.165) is 12.8 Å². The number of hydrogen-bond acceptors (Lipinski definition) is 2. The topological polar surface area (TPSA) is 0 Å². The minimum absolute atomic E-state index is 0.706. The van der Waals surface area contributed by atoms with Crippen molar-refractivity contribution in [1.82, 2.24) is 0 Å². The van der Waals surface area contributed by atoms with E-state index in [1.54, 1.807) is 0 Å². The molecule has 0 fully saturated rings. The van der Waals surface area contributed by atoms with E-state index >= 15 is 0 Å². The Bertz CT molecular complexity index is 49.5. The van der Waals surface area contributed by atoms with Crippen LogP contribution in [0.1, 0.15) is 19.8 Å². The van der Waals surface area contributed by atoms with Crippen LogP contribution in [0.3, 0.4) is 0 Å². The van der Waals surface area contributed by atoms with Crippen LogP contribution in [0.25, 0.3) is 0 Å². The van der Waals surface area contributed by atoms with Crippen LogP contribution in [0.4, 0.5) is 0 Å². The Morgan fingerprint density at radius 2 is 2.33 bits per heavy atom. The van der Waals surface area contributed by atoms with E-state index in [9.17, 15) is 0 Å². The maximum absolute atomic E-state index is 4.61. The Morgan fingerprint density at radius 3 is 2.33 bits per heavy atom. The first-order valence-corrected chi connectivity index (χ1v) is 2.79. The summed E-state index contributed by atoms with van der Waals surface area (Å²) in [5, 5.41) is 0. The molecule has 0 saturated heterocycles. The summed E-state index contributed by atoms with van der Waals surface area (Å²) in [7, 11) is 0. The average Bonchev–Trinajstić information content (AvgIpc) is 1.35. The molecule has 0 aromatic rings. The third-order valence-electron chi connectivity index (χ3n) is 0.454. The highest BCUT2D eigenvalue weighted by molar-refractivity contribution is 8.00. The van der Waals surface area contributed by atoms with E-state index in [1.807, 2.05) is 0 Å². The molecule has 0 radical (unpaired) electrons. The number of hydrogen-bond donors (Lipinski definition) is 0.